The molecule has 1 fully saturated rings. The first kappa shape index (κ1) is 30.3. The smallest absolute Gasteiger partial charge is 0.0909 e. The van der Waals surface area contributed by atoms with Crippen LogP contribution >= 0.6 is 0 Å². The zero-order valence-corrected chi connectivity index (χ0v) is 25.4. The Morgan fingerprint density at radius 3 is 2.59 bits per heavy atom. The molecule has 1 atom stereocenters. The highest BCUT2D eigenvalue weighted by molar-refractivity contribution is 5.79. The first-order valence-electron chi connectivity index (χ1n) is 15.3. The molecule has 41 heavy (non-hydrogen) atoms. The second-order valence-electron chi connectivity index (χ2n) is 11.1. The molecule has 1 saturated heterocycles. The number of rotatable bonds is 14. The van der Waals surface area contributed by atoms with Gasteiger partial charge in [-0.1, -0.05) is 64.0 Å². The number of anilines is 1. The molecule has 0 aliphatic carbocycles. The van der Waals surface area contributed by atoms with E-state index in [0.717, 1.165) is 78.4 Å². The van der Waals surface area contributed by atoms with Gasteiger partial charge in [0.25, 0.3) is 0 Å². The van der Waals surface area contributed by atoms with Gasteiger partial charge in [0.05, 0.1) is 17.6 Å². The molecule has 0 bridgehead atoms. The Morgan fingerprint density at radius 2 is 1.90 bits per heavy atom. The van der Waals surface area contributed by atoms with Crippen molar-refractivity contribution >= 4 is 11.3 Å². The fourth-order valence-electron chi connectivity index (χ4n) is 5.46. The molecule has 5 nitrogen and oxygen atoms in total. The Balaban J connectivity index is 1.75. The first-order chi connectivity index (χ1) is 20.0. The Bertz CT molecular complexity index is 1370. The minimum absolute atomic E-state index is 0.605. The molecule has 0 spiro atoms. The standard InChI is InChI=1S/C36H47N5/c1-6-9-11-15-29(14-10-7-2)32(23-26(4)33-25-38-41-36(33)35-16-12-13-27(5)39-35)34(8-3)40-31-19-17-28(18-20-31)30-21-22-37-24-30/h8,12-13,15-20,23,25,30,37,40H,3,6-7,9-11,14,21-22,24H2,1-2,4-5H3,(H,38,41)/b26-23+,29-15-,34-32+. The highest BCUT2D eigenvalue weighted by atomic mass is 15.1. The lowest BCUT2D eigenvalue weighted by molar-refractivity contribution is 0.763. The second-order valence-corrected chi connectivity index (χ2v) is 11.1. The molecule has 0 radical (unpaired) electrons. The number of H-pyrrole nitrogens is 1. The molecule has 3 aromatic rings. The van der Waals surface area contributed by atoms with Crippen molar-refractivity contribution in [2.24, 2.45) is 0 Å². The maximum atomic E-state index is 4.75. The third-order valence-electron chi connectivity index (χ3n) is 7.88. The van der Waals surface area contributed by atoms with Crippen LogP contribution in [0.2, 0.25) is 0 Å². The number of nitrogens with one attached hydrogen (secondary N) is 3. The van der Waals surface area contributed by atoms with Crippen molar-refractivity contribution in [3.63, 3.8) is 0 Å². The lowest BCUT2D eigenvalue weighted by atomic mass is 9.93. The molecule has 216 valence electrons. The van der Waals surface area contributed by atoms with Gasteiger partial charge in [0.15, 0.2) is 0 Å². The lowest BCUT2D eigenvalue weighted by Crippen LogP contribution is -2.08. The van der Waals surface area contributed by atoms with Gasteiger partial charge in [-0.2, -0.15) is 5.10 Å². The van der Waals surface area contributed by atoms with Gasteiger partial charge >= 0.3 is 0 Å². The molecule has 0 saturated carbocycles. The van der Waals surface area contributed by atoms with Crippen LogP contribution in [0, 0.1) is 6.92 Å². The van der Waals surface area contributed by atoms with Crippen LogP contribution in [0.15, 0.2) is 90.3 Å². The van der Waals surface area contributed by atoms with Crippen molar-refractivity contribution in [1.82, 2.24) is 20.5 Å². The van der Waals surface area contributed by atoms with Crippen molar-refractivity contribution in [2.75, 3.05) is 18.4 Å². The average molecular weight is 550 g/mol. The third-order valence-corrected chi connectivity index (χ3v) is 7.88. The van der Waals surface area contributed by atoms with E-state index >= 15 is 0 Å². The van der Waals surface area contributed by atoms with Gasteiger partial charge < -0.3 is 10.6 Å². The van der Waals surface area contributed by atoms with E-state index in [1.54, 1.807) is 0 Å². The Labute approximate surface area is 247 Å². The van der Waals surface area contributed by atoms with Crippen LogP contribution in [-0.2, 0) is 0 Å². The number of unbranched alkanes of at least 4 members (excludes halogenated alkanes) is 3. The highest BCUT2D eigenvalue weighted by Gasteiger charge is 2.17. The van der Waals surface area contributed by atoms with E-state index in [0.29, 0.717) is 5.92 Å². The number of aromatic amines is 1. The van der Waals surface area contributed by atoms with E-state index in [2.05, 4.69) is 84.6 Å². The summed E-state index contributed by atoms with van der Waals surface area (Å²) in [6, 6.07) is 15.0. The Hall–Kier alpha value is -3.70. The average Bonchev–Trinajstić information content (AvgIpc) is 3.70. The van der Waals surface area contributed by atoms with Crippen LogP contribution in [0.1, 0.15) is 88.5 Å². The predicted octanol–water partition coefficient (Wildman–Crippen LogP) is 9.12. The van der Waals surface area contributed by atoms with Gasteiger partial charge in [0, 0.05) is 34.8 Å². The van der Waals surface area contributed by atoms with E-state index in [1.807, 2.05) is 37.4 Å². The quantitative estimate of drug-likeness (QED) is 0.139. The topological polar surface area (TPSA) is 65.6 Å². The summed E-state index contributed by atoms with van der Waals surface area (Å²) in [5.74, 6) is 0.605. The fourth-order valence-corrected chi connectivity index (χ4v) is 5.46. The molecular weight excluding hydrogens is 502 g/mol. The van der Waals surface area contributed by atoms with Gasteiger partial charge in [-0.15, -0.1) is 0 Å². The molecule has 1 aromatic carbocycles. The Kier molecular flexibility index (Phi) is 11.3. The SMILES string of the molecule is C=C/C(Nc1ccc(C2CCNC2)cc1)=C(/C=C(\C)c1cn[nH]c1-c1cccc(C)n1)C(=C/CCCC)\CCCC. The number of benzene rings is 1. The molecule has 3 N–H and O–H groups in total. The number of hydrogen-bond donors (Lipinski definition) is 3. The summed E-state index contributed by atoms with van der Waals surface area (Å²) in [6.07, 6.45) is 16.6. The number of aryl methyl sites for hydroxylation is 1. The number of aromatic nitrogens is 3. The van der Waals surface area contributed by atoms with E-state index < -0.39 is 0 Å². The molecule has 5 heteroatoms. The van der Waals surface area contributed by atoms with Crippen molar-refractivity contribution in [3.05, 3.63) is 107 Å². The molecule has 1 unspecified atom stereocenters. The first-order valence-corrected chi connectivity index (χ1v) is 15.3. The number of nitrogens with zero attached hydrogens (tertiary/aromatic N) is 2. The summed E-state index contributed by atoms with van der Waals surface area (Å²) < 4.78 is 0. The van der Waals surface area contributed by atoms with E-state index in [-0.39, 0.29) is 0 Å². The zero-order valence-electron chi connectivity index (χ0n) is 25.4. The number of pyridine rings is 1. The highest BCUT2D eigenvalue weighted by Crippen LogP contribution is 2.32. The van der Waals surface area contributed by atoms with Crippen LogP contribution in [-0.4, -0.2) is 28.3 Å². The van der Waals surface area contributed by atoms with E-state index in [1.165, 1.54) is 36.0 Å². The molecule has 3 heterocycles. The van der Waals surface area contributed by atoms with Gasteiger partial charge in [-0.3, -0.25) is 10.1 Å². The summed E-state index contributed by atoms with van der Waals surface area (Å²) in [4.78, 5) is 4.75. The lowest BCUT2D eigenvalue weighted by Gasteiger charge is -2.18. The molecule has 0 amide bonds. The second kappa shape index (κ2) is 15.3. The number of allylic oxidation sites excluding steroid dienone is 6. The maximum Gasteiger partial charge on any atom is 0.0909 e. The van der Waals surface area contributed by atoms with Crippen LogP contribution in [0.5, 0.6) is 0 Å². The van der Waals surface area contributed by atoms with Crippen LogP contribution in [0.25, 0.3) is 17.0 Å². The molecule has 1 aliphatic heterocycles. The van der Waals surface area contributed by atoms with E-state index in [4.69, 9.17) is 4.98 Å². The zero-order chi connectivity index (χ0) is 29.0. The summed E-state index contributed by atoms with van der Waals surface area (Å²) in [6.45, 7) is 15.1. The maximum absolute atomic E-state index is 4.75. The van der Waals surface area contributed by atoms with Crippen molar-refractivity contribution in [1.29, 1.82) is 0 Å². The summed E-state index contributed by atoms with van der Waals surface area (Å²) in [5.41, 5.74) is 11.1. The molecule has 4 rings (SSSR count). The largest absolute Gasteiger partial charge is 0.355 e. The normalized spacial score (nSPS) is 16.5. The van der Waals surface area contributed by atoms with Gasteiger partial charge in [-0.05, 0) is 105 Å². The molecule has 1 aliphatic rings. The van der Waals surface area contributed by atoms with Crippen molar-refractivity contribution in [2.45, 2.75) is 78.6 Å². The van der Waals surface area contributed by atoms with Crippen molar-refractivity contribution < 1.29 is 0 Å². The van der Waals surface area contributed by atoms with Crippen LogP contribution in [0.4, 0.5) is 5.69 Å². The van der Waals surface area contributed by atoms with Crippen LogP contribution < -0.4 is 10.6 Å². The minimum atomic E-state index is 0.605. The van der Waals surface area contributed by atoms with E-state index in [9.17, 15) is 0 Å². The van der Waals surface area contributed by atoms with Gasteiger partial charge in [-0.25, -0.2) is 0 Å². The third kappa shape index (κ3) is 8.17. The monoisotopic (exact) mass is 549 g/mol. The fraction of sp³-hybridized carbons (Fsp3) is 0.389. The summed E-state index contributed by atoms with van der Waals surface area (Å²) >= 11 is 0. The number of hydrogen-bond acceptors (Lipinski definition) is 4. The van der Waals surface area contributed by atoms with Gasteiger partial charge in [0.2, 0.25) is 0 Å². The summed E-state index contributed by atoms with van der Waals surface area (Å²) in [7, 11) is 0. The summed E-state index contributed by atoms with van der Waals surface area (Å²) in [5, 5.41) is 14.8. The van der Waals surface area contributed by atoms with Crippen LogP contribution in [0.3, 0.4) is 0 Å². The van der Waals surface area contributed by atoms with Gasteiger partial charge in [0.1, 0.15) is 0 Å². The predicted molar refractivity (Wildman–Crippen MR) is 175 cm³/mol. The molecular formula is C36H47N5. The Morgan fingerprint density at radius 1 is 1.10 bits per heavy atom. The molecule has 2 aromatic heterocycles. The van der Waals surface area contributed by atoms with Crippen molar-refractivity contribution in [3.8, 4) is 11.4 Å². The minimum Gasteiger partial charge on any atom is -0.355 e.